The van der Waals surface area contributed by atoms with E-state index in [9.17, 15) is 4.79 Å². The van der Waals surface area contributed by atoms with Gasteiger partial charge in [-0.1, -0.05) is 62.4 Å². The fraction of sp³-hybridized carbons (Fsp3) is 0.682. The first-order valence-electron chi connectivity index (χ1n) is 10.5. The molecule has 1 saturated carbocycles. The summed E-state index contributed by atoms with van der Waals surface area (Å²) in [5, 5.41) is 3.53. The van der Waals surface area contributed by atoms with Gasteiger partial charge in [-0.05, 0) is 43.7 Å². The number of carbonyl (C=O) groups excluding carboxylic acids is 1. The van der Waals surface area contributed by atoms with E-state index in [1.807, 2.05) is 11.0 Å². The van der Waals surface area contributed by atoms with Crippen LogP contribution in [0.25, 0.3) is 0 Å². The zero-order valence-electron chi connectivity index (χ0n) is 16.0. The monoisotopic (exact) mass is 357 g/mol. The number of nitrogens with one attached hydrogen (secondary N) is 1. The lowest BCUT2D eigenvalue weighted by molar-refractivity contribution is -0.133. The molecule has 26 heavy (non-hydrogen) atoms. The minimum absolute atomic E-state index is 0.153. The summed E-state index contributed by atoms with van der Waals surface area (Å²) in [4.78, 5) is 15.1. The maximum absolute atomic E-state index is 13.1. The third kappa shape index (κ3) is 5.82. The van der Waals surface area contributed by atoms with Crippen molar-refractivity contribution < 1.29 is 4.79 Å². The van der Waals surface area contributed by atoms with Crippen molar-refractivity contribution in [3.05, 3.63) is 35.9 Å². The molecule has 0 radical (unpaired) electrons. The lowest BCUT2D eigenvalue weighted by Gasteiger charge is -2.30. The highest BCUT2D eigenvalue weighted by Crippen LogP contribution is 2.27. The zero-order valence-corrected chi connectivity index (χ0v) is 16.0. The summed E-state index contributed by atoms with van der Waals surface area (Å²) < 4.78 is 0. The largest absolute Gasteiger partial charge is 0.339 e. The number of carbonyl (C=O) groups is 1. The van der Waals surface area contributed by atoms with Crippen LogP contribution in [-0.4, -0.2) is 42.5 Å². The molecule has 0 spiro atoms. The summed E-state index contributed by atoms with van der Waals surface area (Å²) in [6, 6.07) is 10.5. The molecule has 1 aliphatic heterocycles. The Morgan fingerprint density at radius 3 is 2.58 bits per heavy atom. The minimum Gasteiger partial charge on any atom is -0.339 e. The molecular formula is C22H35N3O. The van der Waals surface area contributed by atoms with Crippen LogP contribution < -0.4 is 11.1 Å². The topological polar surface area (TPSA) is 58.4 Å². The van der Waals surface area contributed by atoms with Crippen molar-refractivity contribution in [2.75, 3.05) is 19.6 Å². The Morgan fingerprint density at radius 1 is 1.12 bits per heavy atom. The maximum Gasteiger partial charge on any atom is 0.239 e. The van der Waals surface area contributed by atoms with Crippen LogP contribution in [0.1, 0.15) is 56.9 Å². The first-order chi connectivity index (χ1) is 12.7. The molecule has 4 heteroatoms. The highest BCUT2D eigenvalue weighted by atomic mass is 16.2. The molecule has 144 valence electrons. The van der Waals surface area contributed by atoms with E-state index in [4.69, 9.17) is 5.73 Å². The van der Waals surface area contributed by atoms with Gasteiger partial charge in [0.2, 0.25) is 5.91 Å². The van der Waals surface area contributed by atoms with Gasteiger partial charge in [-0.15, -0.1) is 0 Å². The molecule has 2 fully saturated rings. The standard InChI is InChI=1S/C22H35N3O/c23-21(16-19-10-5-2-6-11-19)22(26)25(17-20-12-7-14-24-20)15-13-18-8-3-1-4-9-18/h1,3-4,8-9,19-21,24H,2,5-7,10-17,23H2/t20-,21+/m0/s1. The van der Waals surface area contributed by atoms with Gasteiger partial charge in [-0.2, -0.15) is 0 Å². The van der Waals surface area contributed by atoms with Gasteiger partial charge in [0, 0.05) is 19.1 Å². The molecule has 4 nitrogen and oxygen atoms in total. The third-order valence-electron chi connectivity index (χ3n) is 6.06. The van der Waals surface area contributed by atoms with Crippen molar-refractivity contribution >= 4 is 5.91 Å². The van der Waals surface area contributed by atoms with Crippen LogP contribution in [-0.2, 0) is 11.2 Å². The second kappa shape index (κ2) is 10.1. The minimum atomic E-state index is -0.338. The number of nitrogens with two attached hydrogens (primary N) is 1. The first kappa shape index (κ1) is 19.4. The van der Waals surface area contributed by atoms with Crippen LogP contribution in [0.2, 0.25) is 0 Å². The van der Waals surface area contributed by atoms with Gasteiger partial charge in [-0.25, -0.2) is 0 Å². The molecule has 1 heterocycles. The summed E-state index contributed by atoms with van der Waals surface area (Å²) in [5.74, 6) is 0.795. The molecule has 2 atom stereocenters. The van der Waals surface area contributed by atoms with Crippen molar-refractivity contribution in [1.82, 2.24) is 10.2 Å². The molecule has 1 amide bonds. The number of benzene rings is 1. The van der Waals surface area contributed by atoms with Crippen LogP contribution in [0.15, 0.2) is 30.3 Å². The number of hydrogen-bond donors (Lipinski definition) is 2. The van der Waals surface area contributed by atoms with Crippen LogP contribution >= 0.6 is 0 Å². The van der Waals surface area contributed by atoms with Crippen LogP contribution in [0.3, 0.4) is 0 Å². The fourth-order valence-electron chi connectivity index (χ4n) is 4.50. The average molecular weight is 358 g/mol. The van der Waals surface area contributed by atoms with E-state index < -0.39 is 0 Å². The lowest BCUT2D eigenvalue weighted by Crippen LogP contribution is -2.49. The number of nitrogens with zero attached hydrogens (tertiary/aromatic N) is 1. The summed E-state index contributed by atoms with van der Waals surface area (Å²) >= 11 is 0. The molecule has 1 aliphatic carbocycles. The molecule has 3 N–H and O–H groups in total. The van der Waals surface area contributed by atoms with E-state index in [1.54, 1.807) is 0 Å². The van der Waals surface area contributed by atoms with Gasteiger partial charge >= 0.3 is 0 Å². The van der Waals surface area contributed by atoms with Gasteiger partial charge in [-0.3, -0.25) is 4.79 Å². The first-order valence-corrected chi connectivity index (χ1v) is 10.5. The molecule has 3 rings (SSSR count). The van der Waals surface area contributed by atoms with Crippen molar-refractivity contribution in [3.8, 4) is 0 Å². The molecule has 1 aromatic carbocycles. The summed E-state index contributed by atoms with van der Waals surface area (Å²) in [7, 11) is 0. The smallest absolute Gasteiger partial charge is 0.239 e. The van der Waals surface area contributed by atoms with Crippen molar-refractivity contribution in [3.63, 3.8) is 0 Å². The second-order valence-electron chi connectivity index (χ2n) is 8.16. The Morgan fingerprint density at radius 2 is 1.88 bits per heavy atom. The second-order valence-corrected chi connectivity index (χ2v) is 8.16. The van der Waals surface area contributed by atoms with E-state index >= 15 is 0 Å². The van der Waals surface area contributed by atoms with E-state index in [-0.39, 0.29) is 11.9 Å². The molecule has 2 aliphatic rings. The van der Waals surface area contributed by atoms with Crippen molar-refractivity contribution in [1.29, 1.82) is 0 Å². The molecule has 1 aromatic rings. The fourth-order valence-corrected chi connectivity index (χ4v) is 4.50. The Labute approximate surface area is 158 Å². The highest BCUT2D eigenvalue weighted by molar-refractivity contribution is 5.81. The Hall–Kier alpha value is -1.39. The SMILES string of the molecule is N[C@H](CC1CCCCC1)C(=O)N(CCc1ccccc1)C[C@@H]1CCCN1. The Bertz CT molecular complexity index is 536. The van der Waals surface area contributed by atoms with Crippen molar-refractivity contribution in [2.45, 2.75) is 69.9 Å². The molecule has 0 unspecified atom stereocenters. The number of amides is 1. The number of rotatable bonds is 8. The van der Waals surface area contributed by atoms with Crippen molar-refractivity contribution in [2.24, 2.45) is 11.7 Å². The van der Waals surface area contributed by atoms with Crippen LogP contribution in [0.4, 0.5) is 0 Å². The van der Waals surface area contributed by atoms with Gasteiger partial charge in [0.1, 0.15) is 0 Å². The lowest BCUT2D eigenvalue weighted by atomic mass is 9.84. The normalized spacial score (nSPS) is 22.3. The predicted octanol–water partition coefficient (Wildman–Crippen LogP) is 3.11. The quantitative estimate of drug-likeness (QED) is 0.751. The molecule has 1 saturated heterocycles. The summed E-state index contributed by atoms with van der Waals surface area (Å²) in [5.41, 5.74) is 7.66. The Kier molecular flexibility index (Phi) is 7.51. The van der Waals surface area contributed by atoms with Gasteiger partial charge in [0.05, 0.1) is 6.04 Å². The Balaban J connectivity index is 1.57. The van der Waals surface area contributed by atoms with E-state index in [2.05, 4.69) is 29.6 Å². The third-order valence-corrected chi connectivity index (χ3v) is 6.06. The van der Waals surface area contributed by atoms with Gasteiger partial charge < -0.3 is 16.0 Å². The van der Waals surface area contributed by atoms with Gasteiger partial charge in [0.15, 0.2) is 0 Å². The number of hydrogen-bond acceptors (Lipinski definition) is 3. The van der Waals surface area contributed by atoms with E-state index in [0.717, 1.165) is 38.9 Å². The molecule has 0 bridgehead atoms. The summed E-state index contributed by atoms with van der Waals surface area (Å²) in [6.45, 7) is 2.63. The maximum atomic E-state index is 13.1. The van der Waals surface area contributed by atoms with E-state index in [1.165, 1.54) is 44.1 Å². The zero-order chi connectivity index (χ0) is 18.2. The predicted molar refractivity (Wildman–Crippen MR) is 107 cm³/mol. The average Bonchev–Trinajstić information content (AvgIpc) is 3.19. The molecular weight excluding hydrogens is 322 g/mol. The highest BCUT2D eigenvalue weighted by Gasteiger charge is 2.27. The van der Waals surface area contributed by atoms with E-state index in [0.29, 0.717) is 12.0 Å². The van der Waals surface area contributed by atoms with Crippen LogP contribution in [0, 0.1) is 5.92 Å². The van der Waals surface area contributed by atoms with Crippen LogP contribution in [0.5, 0.6) is 0 Å². The molecule has 0 aromatic heterocycles. The van der Waals surface area contributed by atoms with Gasteiger partial charge in [0.25, 0.3) is 0 Å². The summed E-state index contributed by atoms with van der Waals surface area (Å²) in [6.07, 6.45) is 10.6.